The van der Waals surface area contributed by atoms with E-state index in [1.165, 1.54) is 20.0 Å². The molecule has 1 aliphatic rings. The van der Waals surface area contributed by atoms with Crippen molar-refractivity contribution in [1.29, 1.82) is 0 Å². The maximum atomic E-state index is 15.2. The van der Waals surface area contributed by atoms with Crippen LogP contribution in [0.1, 0.15) is 48.5 Å². The number of carbonyl (C=O) groups is 1. The molecule has 8 nitrogen and oxygen atoms in total. The number of ether oxygens (including phenoxy) is 2. The summed E-state index contributed by atoms with van der Waals surface area (Å²) in [4.78, 5) is 12.5. The van der Waals surface area contributed by atoms with Crippen molar-refractivity contribution in [2.75, 3.05) is 26.0 Å². The highest BCUT2D eigenvalue weighted by molar-refractivity contribution is 7.89. The van der Waals surface area contributed by atoms with Gasteiger partial charge in [-0.25, -0.2) is 21.9 Å². The maximum absolute atomic E-state index is 15.2. The Balaban J connectivity index is 1.96. The maximum Gasteiger partial charge on any atom is 0.257 e. The molecule has 1 amide bonds. The van der Waals surface area contributed by atoms with Gasteiger partial charge in [-0.1, -0.05) is 32.0 Å². The minimum absolute atomic E-state index is 0.175. The Bertz CT molecular complexity index is 1230. The largest absolute Gasteiger partial charge is 0.352 e. The van der Waals surface area contributed by atoms with E-state index in [0.29, 0.717) is 18.8 Å². The second-order valence-corrected chi connectivity index (χ2v) is 11.9. The van der Waals surface area contributed by atoms with Gasteiger partial charge in [0.05, 0.1) is 24.5 Å². The third-order valence-corrected chi connectivity index (χ3v) is 7.39. The molecular weight excluding hydrogens is 512 g/mol. The molecule has 0 bridgehead atoms. The molecule has 0 unspecified atom stereocenters. The first-order valence-corrected chi connectivity index (χ1v) is 13.1. The number of thiocarbonyl (C=S) groups is 1. The first-order chi connectivity index (χ1) is 16.8. The van der Waals surface area contributed by atoms with E-state index in [-0.39, 0.29) is 21.7 Å². The molecule has 12 heteroatoms. The Labute approximate surface area is 214 Å². The molecular formula is C24H29F2N3O5S2. The molecule has 2 aromatic carbocycles. The lowest BCUT2D eigenvalue weighted by atomic mass is 9.91. The number of hydrogen-bond acceptors (Lipinski definition) is 6. The van der Waals surface area contributed by atoms with Crippen LogP contribution in [0.5, 0.6) is 0 Å². The Morgan fingerprint density at radius 2 is 1.78 bits per heavy atom. The Morgan fingerprint density at radius 1 is 1.17 bits per heavy atom. The van der Waals surface area contributed by atoms with Crippen LogP contribution in [-0.2, 0) is 25.0 Å². The van der Waals surface area contributed by atoms with Crippen LogP contribution in [0.2, 0.25) is 0 Å². The van der Waals surface area contributed by atoms with Crippen LogP contribution >= 0.6 is 12.2 Å². The predicted molar refractivity (Wildman–Crippen MR) is 135 cm³/mol. The molecule has 3 rings (SSSR count). The zero-order chi connectivity index (χ0) is 26.7. The van der Waals surface area contributed by atoms with Gasteiger partial charge in [0, 0.05) is 22.1 Å². The first kappa shape index (κ1) is 28.1. The molecule has 36 heavy (non-hydrogen) atoms. The highest BCUT2D eigenvalue weighted by Gasteiger charge is 2.38. The monoisotopic (exact) mass is 541 g/mol. The Hall–Kier alpha value is -2.51. The van der Waals surface area contributed by atoms with E-state index in [0.717, 1.165) is 6.07 Å². The van der Waals surface area contributed by atoms with Gasteiger partial charge in [0.25, 0.3) is 5.91 Å². The van der Waals surface area contributed by atoms with E-state index < -0.39 is 45.1 Å². The van der Waals surface area contributed by atoms with E-state index in [9.17, 15) is 17.6 Å². The number of sulfonamides is 1. The molecule has 1 fully saturated rings. The normalized spacial score (nSPS) is 17.7. The van der Waals surface area contributed by atoms with Gasteiger partial charge in [-0.15, -0.1) is 0 Å². The third-order valence-electron chi connectivity index (χ3n) is 5.61. The van der Waals surface area contributed by atoms with E-state index in [4.69, 9.17) is 21.7 Å². The summed E-state index contributed by atoms with van der Waals surface area (Å²) in [5, 5.41) is 4.88. The lowest BCUT2D eigenvalue weighted by Gasteiger charge is -2.36. The van der Waals surface area contributed by atoms with Crippen LogP contribution in [0.25, 0.3) is 0 Å². The van der Waals surface area contributed by atoms with Crippen LogP contribution in [-0.4, -0.2) is 45.5 Å². The van der Waals surface area contributed by atoms with Crippen molar-refractivity contribution in [3.05, 3.63) is 70.8 Å². The quantitative estimate of drug-likeness (QED) is 0.463. The summed E-state index contributed by atoms with van der Waals surface area (Å²) >= 11 is 5.24. The number of benzene rings is 2. The average Bonchev–Trinajstić information content (AvgIpc) is 2.80. The number of rotatable bonds is 7. The molecule has 196 valence electrons. The molecule has 2 aromatic rings. The van der Waals surface area contributed by atoms with Gasteiger partial charge < -0.3 is 14.8 Å². The average molecular weight is 542 g/mol. The van der Waals surface area contributed by atoms with Crippen molar-refractivity contribution in [3.8, 4) is 0 Å². The molecule has 0 aromatic heterocycles. The Morgan fingerprint density at radius 3 is 2.36 bits per heavy atom. The van der Waals surface area contributed by atoms with Gasteiger partial charge in [0.15, 0.2) is 23.0 Å². The number of nitrogens with one attached hydrogen (secondary N) is 3. The van der Waals surface area contributed by atoms with E-state index >= 15 is 4.39 Å². The van der Waals surface area contributed by atoms with Crippen molar-refractivity contribution < 1.29 is 31.5 Å². The lowest BCUT2D eigenvalue weighted by molar-refractivity contribution is -0.226. The van der Waals surface area contributed by atoms with Crippen molar-refractivity contribution in [1.82, 2.24) is 15.4 Å². The second-order valence-electron chi connectivity index (χ2n) is 9.55. The lowest BCUT2D eigenvalue weighted by Crippen LogP contribution is -2.54. The third kappa shape index (κ3) is 6.83. The fourth-order valence-electron chi connectivity index (χ4n) is 3.71. The number of amides is 1. The topological polar surface area (TPSA) is 106 Å². The molecule has 1 heterocycles. The minimum atomic E-state index is -3.97. The SMILES string of the molecule is CNS(=O)(=O)C[C@](C)(NC(=S)NC(=O)c1ccccc1)c1cc(C2OCC(C)(C)CO2)cc(F)c1F. The van der Waals surface area contributed by atoms with Gasteiger partial charge in [0.1, 0.15) is 0 Å². The van der Waals surface area contributed by atoms with Crippen molar-refractivity contribution in [2.45, 2.75) is 32.6 Å². The molecule has 3 N–H and O–H groups in total. The summed E-state index contributed by atoms with van der Waals surface area (Å²) in [5.74, 6) is -3.77. The standard InChI is InChI=1S/C24H29F2N3O5S2/c1-23(2)12-33-21(34-13-23)16-10-17(19(26)18(25)11-16)24(3,14-36(31,32)27-4)29-22(35)28-20(30)15-8-6-5-7-9-15/h5-11,21,27H,12-14H2,1-4H3,(H2,28,29,30,35)/t24-/m0/s1. The van der Waals surface area contributed by atoms with E-state index in [2.05, 4.69) is 15.4 Å². The fourth-order valence-corrected chi connectivity index (χ4v) is 5.16. The zero-order valence-corrected chi connectivity index (χ0v) is 22.0. The highest BCUT2D eigenvalue weighted by atomic mass is 32.2. The van der Waals surface area contributed by atoms with Crippen LogP contribution < -0.4 is 15.4 Å². The molecule has 1 saturated heterocycles. The summed E-state index contributed by atoms with van der Waals surface area (Å²) in [6.45, 7) is 5.87. The second kappa shape index (κ2) is 10.9. The fraction of sp³-hybridized carbons (Fsp3) is 0.417. The minimum Gasteiger partial charge on any atom is -0.352 e. The zero-order valence-electron chi connectivity index (χ0n) is 20.4. The molecule has 0 aliphatic carbocycles. The van der Waals surface area contributed by atoms with Crippen LogP contribution in [0.4, 0.5) is 8.78 Å². The van der Waals surface area contributed by atoms with E-state index in [1.54, 1.807) is 30.3 Å². The number of halogens is 2. The molecule has 0 spiro atoms. The van der Waals surface area contributed by atoms with Crippen LogP contribution in [0.15, 0.2) is 42.5 Å². The van der Waals surface area contributed by atoms with Crippen LogP contribution in [0, 0.1) is 17.0 Å². The summed E-state index contributed by atoms with van der Waals surface area (Å²) in [7, 11) is -2.77. The summed E-state index contributed by atoms with van der Waals surface area (Å²) in [6, 6.07) is 10.4. The van der Waals surface area contributed by atoms with Crippen LogP contribution in [0.3, 0.4) is 0 Å². The molecule has 1 atom stereocenters. The smallest absolute Gasteiger partial charge is 0.257 e. The van der Waals surface area contributed by atoms with Gasteiger partial charge >= 0.3 is 0 Å². The number of carbonyl (C=O) groups excluding carboxylic acids is 1. The summed E-state index contributed by atoms with van der Waals surface area (Å²) in [6.07, 6.45) is -0.971. The van der Waals surface area contributed by atoms with Gasteiger partial charge in [-0.3, -0.25) is 10.1 Å². The molecule has 1 aliphatic heterocycles. The number of hydrogen-bond donors (Lipinski definition) is 3. The van der Waals surface area contributed by atoms with Gasteiger partial charge in [0.2, 0.25) is 10.0 Å². The Kier molecular flexibility index (Phi) is 8.46. The summed E-state index contributed by atoms with van der Waals surface area (Å²) in [5.41, 5.74) is -1.89. The first-order valence-electron chi connectivity index (χ1n) is 11.1. The molecule has 0 saturated carbocycles. The van der Waals surface area contributed by atoms with Gasteiger partial charge in [-0.2, -0.15) is 0 Å². The predicted octanol–water partition coefficient (Wildman–Crippen LogP) is 3.11. The van der Waals surface area contributed by atoms with Crippen molar-refractivity contribution >= 4 is 33.3 Å². The molecule has 0 radical (unpaired) electrons. The van der Waals surface area contributed by atoms with E-state index in [1.807, 2.05) is 13.8 Å². The van der Waals surface area contributed by atoms with Crippen molar-refractivity contribution in [3.63, 3.8) is 0 Å². The van der Waals surface area contributed by atoms with Crippen molar-refractivity contribution in [2.24, 2.45) is 5.41 Å². The van der Waals surface area contributed by atoms with Gasteiger partial charge in [-0.05, 0) is 50.5 Å². The highest BCUT2D eigenvalue weighted by Crippen LogP contribution is 2.35. The summed E-state index contributed by atoms with van der Waals surface area (Å²) < 4.78 is 68.6.